The third-order valence-corrected chi connectivity index (χ3v) is 7.94. The third-order valence-electron chi connectivity index (χ3n) is 6.03. The molecule has 33 heavy (non-hydrogen) atoms. The lowest BCUT2D eigenvalue weighted by Crippen LogP contribution is -2.42. The van der Waals surface area contributed by atoms with Crippen LogP contribution in [-0.2, 0) is 19.6 Å². The first-order chi connectivity index (χ1) is 15.9. The Morgan fingerprint density at radius 3 is 2.21 bits per heavy atom. The van der Waals surface area contributed by atoms with Crippen molar-refractivity contribution in [3.05, 3.63) is 60.7 Å². The van der Waals surface area contributed by atoms with Gasteiger partial charge >= 0.3 is 0 Å². The number of nitrogens with two attached hydrogens (primary N) is 1. The number of carbonyl (C=O) groups excluding carboxylic acids is 2. The van der Waals surface area contributed by atoms with E-state index in [4.69, 9.17) is 5.73 Å². The number of hydrogen-bond acceptors (Lipinski definition) is 6. The first-order valence-electron chi connectivity index (χ1n) is 10.9. The van der Waals surface area contributed by atoms with Gasteiger partial charge in [0.05, 0.1) is 10.6 Å². The summed E-state index contributed by atoms with van der Waals surface area (Å²) < 4.78 is 27.0. The van der Waals surface area contributed by atoms with Crippen LogP contribution in [0.15, 0.2) is 70.7 Å². The number of nitrogens with zero attached hydrogens (tertiary/aromatic N) is 3. The fourth-order valence-electron chi connectivity index (χ4n) is 4.12. The lowest BCUT2D eigenvalue weighted by molar-refractivity contribution is -0.119. The van der Waals surface area contributed by atoms with Gasteiger partial charge in [-0.05, 0) is 43.0 Å². The Labute approximate surface area is 193 Å². The molecule has 0 bridgehead atoms. The largest absolute Gasteiger partial charge is 0.368 e. The van der Waals surface area contributed by atoms with Gasteiger partial charge < -0.3 is 11.1 Å². The molecular weight excluding hydrogens is 442 g/mol. The van der Waals surface area contributed by atoms with Crippen LogP contribution in [0.25, 0.3) is 0 Å². The van der Waals surface area contributed by atoms with Crippen molar-refractivity contribution in [3.8, 4) is 0 Å². The van der Waals surface area contributed by atoms with Gasteiger partial charge in [-0.25, -0.2) is 8.42 Å². The fraction of sp³-hybridized carbons (Fsp3) is 0.348. The molecule has 0 spiro atoms. The summed E-state index contributed by atoms with van der Waals surface area (Å²) in [7, 11) is -3.50. The van der Waals surface area contributed by atoms with Crippen LogP contribution < -0.4 is 16.1 Å². The molecule has 2 aromatic carbocycles. The number of primary amides is 1. The van der Waals surface area contributed by atoms with Crippen LogP contribution in [0.4, 0.5) is 5.69 Å². The van der Waals surface area contributed by atoms with Gasteiger partial charge in [0.2, 0.25) is 15.9 Å². The number of piperidine rings is 1. The van der Waals surface area contributed by atoms with E-state index in [2.05, 4.69) is 10.4 Å². The molecule has 1 atom stereocenters. The third kappa shape index (κ3) is 5.07. The van der Waals surface area contributed by atoms with E-state index in [1.54, 1.807) is 42.5 Å². The average molecular weight is 470 g/mol. The highest BCUT2D eigenvalue weighted by atomic mass is 32.2. The fourth-order valence-corrected chi connectivity index (χ4v) is 5.61. The summed E-state index contributed by atoms with van der Waals surface area (Å²) in [6, 6.07) is 16.8. The number of hydrazone groups is 1. The SMILES string of the molecule is NC(=O)C1CC(C(=O)NCC2CCN(S(=O)(=O)c3ccccc3)CC2)=NN1c1ccccc1. The number of carbonyl (C=O) groups is 2. The van der Waals surface area contributed by atoms with Crippen LogP contribution in [0.3, 0.4) is 0 Å². The Bertz CT molecular complexity index is 1130. The zero-order valence-electron chi connectivity index (χ0n) is 18.1. The molecule has 0 radical (unpaired) electrons. The van der Waals surface area contributed by atoms with Gasteiger partial charge in [0.25, 0.3) is 5.91 Å². The summed E-state index contributed by atoms with van der Waals surface area (Å²) in [6.07, 6.45) is 1.45. The maximum atomic E-state index is 12.8. The lowest BCUT2D eigenvalue weighted by Gasteiger charge is -2.31. The second kappa shape index (κ2) is 9.72. The quantitative estimate of drug-likeness (QED) is 0.633. The highest BCUT2D eigenvalue weighted by molar-refractivity contribution is 7.89. The number of sulfonamides is 1. The van der Waals surface area contributed by atoms with Crippen LogP contribution in [-0.4, -0.2) is 55.9 Å². The van der Waals surface area contributed by atoms with E-state index < -0.39 is 22.0 Å². The van der Waals surface area contributed by atoms with Gasteiger partial charge in [0.1, 0.15) is 11.8 Å². The van der Waals surface area contributed by atoms with E-state index in [-0.39, 0.29) is 24.0 Å². The molecule has 3 N–H and O–H groups in total. The maximum Gasteiger partial charge on any atom is 0.267 e. The van der Waals surface area contributed by atoms with Crippen molar-refractivity contribution in [1.29, 1.82) is 0 Å². The summed E-state index contributed by atoms with van der Waals surface area (Å²) in [5.74, 6) is -0.716. The van der Waals surface area contributed by atoms with Crippen molar-refractivity contribution < 1.29 is 18.0 Å². The molecule has 2 amide bonds. The minimum absolute atomic E-state index is 0.143. The predicted molar refractivity (Wildman–Crippen MR) is 125 cm³/mol. The first-order valence-corrected chi connectivity index (χ1v) is 12.3. The molecular formula is C23H27N5O4S. The van der Waals surface area contributed by atoms with Crippen molar-refractivity contribution in [2.24, 2.45) is 16.8 Å². The van der Waals surface area contributed by atoms with Gasteiger partial charge in [-0.15, -0.1) is 0 Å². The molecule has 2 heterocycles. The minimum Gasteiger partial charge on any atom is -0.368 e. The number of nitrogens with one attached hydrogen (secondary N) is 1. The van der Waals surface area contributed by atoms with Crippen molar-refractivity contribution in [3.63, 3.8) is 0 Å². The molecule has 174 valence electrons. The van der Waals surface area contributed by atoms with Crippen LogP contribution in [0.1, 0.15) is 19.3 Å². The van der Waals surface area contributed by atoms with Gasteiger partial charge in [-0.3, -0.25) is 14.6 Å². The molecule has 2 aromatic rings. The molecule has 9 nitrogen and oxygen atoms in total. The predicted octanol–water partition coefficient (Wildman–Crippen LogP) is 1.32. The molecule has 2 aliphatic heterocycles. The number of benzene rings is 2. The number of para-hydroxylation sites is 1. The number of amides is 2. The van der Waals surface area contributed by atoms with Gasteiger partial charge in [-0.2, -0.15) is 9.41 Å². The molecule has 1 saturated heterocycles. The zero-order chi connectivity index (χ0) is 23.4. The number of rotatable bonds is 7. The molecule has 1 fully saturated rings. The Kier molecular flexibility index (Phi) is 6.75. The molecule has 2 aliphatic rings. The highest BCUT2D eigenvalue weighted by Crippen LogP contribution is 2.25. The van der Waals surface area contributed by atoms with Crippen molar-refractivity contribution in [1.82, 2.24) is 9.62 Å². The standard InChI is InChI=1S/C23H27N5O4S/c24-22(29)21-15-20(26-28(21)18-7-3-1-4-8-18)23(30)25-16-17-11-13-27(14-12-17)33(31,32)19-9-5-2-6-10-19/h1-10,17,21H,11-16H2,(H2,24,29)(H,25,30). The lowest BCUT2D eigenvalue weighted by atomic mass is 9.98. The number of hydrogen-bond donors (Lipinski definition) is 2. The molecule has 1 unspecified atom stereocenters. The van der Waals surface area contributed by atoms with E-state index in [1.165, 1.54) is 9.31 Å². The van der Waals surface area contributed by atoms with Crippen LogP contribution >= 0.6 is 0 Å². The summed E-state index contributed by atoms with van der Waals surface area (Å²) in [5, 5.41) is 8.74. The van der Waals surface area contributed by atoms with Gasteiger partial charge in [0, 0.05) is 26.1 Å². The minimum atomic E-state index is -3.50. The highest BCUT2D eigenvalue weighted by Gasteiger charge is 2.35. The summed E-state index contributed by atoms with van der Waals surface area (Å²) in [6.45, 7) is 1.23. The number of anilines is 1. The van der Waals surface area contributed by atoms with E-state index in [1.807, 2.05) is 18.2 Å². The van der Waals surface area contributed by atoms with Crippen LogP contribution in [0.5, 0.6) is 0 Å². The van der Waals surface area contributed by atoms with E-state index in [0.717, 1.165) is 0 Å². The molecule has 0 aliphatic carbocycles. The summed E-state index contributed by atoms with van der Waals surface area (Å²) in [4.78, 5) is 24.9. The Balaban J connectivity index is 1.32. The van der Waals surface area contributed by atoms with E-state index in [0.29, 0.717) is 43.1 Å². The average Bonchev–Trinajstić information content (AvgIpc) is 3.30. The van der Waals surface area contributed by atoms with Crippen molar-refractivity contribution in [2.75, 3.05) is 24.6 Å². The van der Waals surface area contributed by atoms with Crippen molar-refractivity contribution in [2.45, 2.75) is 30.2 Å². The second-order valence-electron chi connectivity index (χ2n) is 8.22. The smallest absolute Gasteiger partial charge is 0.267 e. The van der Waals surface area contributed by atoms with E-state index >= 15 is 0 Å². The van der Waals surface area contributed by atoms with Crippen molar-refractivity contribution >= 4 is 33.2 Å². The first kappa shape index (κ1) is 22.9. The van der Waals surface area contributed by atoms with Gasteiger partial charge in [-0.1, -0.05) is 36.4 Å². The molecule has 4 rings (SSSR count). The zero-order valence-corrected chi connectivity index (χ0v) is 18.9. The molecule has 10 heteroatoms. The monoisotopic (exact) mass is 469 g/mol. The Morgan fingerprint density at radius 2 is 1.61 bits per heavy atom. The summed E-state index contributed by atoms with van der Waals surface area (Å²) >= 11 is 0. The normalized spacial score (nSPS) is 19.8. The maximum absolute atomic E-state index is 12.8. The topological polar surface area (TPSA) is 125 Å². The van der Waals surface area contributed by atoms with E-state index in [9.17, 15) is 18.0 Å². The second-order valence-corrected chi connectivity index (χ2v) is 10.2. The van der Waals surface area contributed by atoms with Crippen LogP contribution in [0, 0.1) is 5.92 Å². The Morgan fingerprint density at radius 1 is 1.00 bits per heavy atom. The van der Waals surface area contributed by atoms with Gasteiger partial charge in [0.15, 0.2) is 0 Å². The molecule has 0 aromatic heterocycles. The molecule has 0 saturated carbocycles. The van der Waals surface area contributed by atoms with Crippen LogP contribution in [0.2, 0.25) is 0 Å². The summed E-state index contributed by atoms with van der Waals surface area (Å²) in [5.41, 5.74) is 6.48. The Hall–Kier alpha value is -3.24.